The summed E-state index contributed by atoms with van der Waals surface area (Å²) >= 11 is 1.60. The van der Waals surface area contributed by atoms with Gasteiger partial charge in [0.15, 0.2) is 0 Å². The number of allylic oxidation sites excluding steroid dienone is 1. The van der Waals surface area contributed by atoms with Crippen LogP contribution in [0.25, 0.3) is 0 Å². The van der Waals surface area contributed by atoms with Gasteiger partial charge in [0.1, 0.15) is 11.9 Å². The number of hydrogen-bond acceptors (Lipinski definition) is 6. The van der Waals surface area contributed by atoms with Gasteiger partial charge in [-0.25, -0.2) is 13.9 Å². The Morgan fingerprint density at radius 3 is 2.71 bits per heavy atom. The number of fused-ring (bicyclic) bond motifs is 1. The molecule has 2 heterocycles. The van der Waals surface area contributed by atoms with Gasteiger partial charge < -0.3 is 10.1 Å². The lowest BCUT2D eigenvalue weighted by molar-refractivity contribution is -0.139. The molecule has 6 nitrogen and oxygen atoms in total. The van der Waals surface area contributed by atoms with Crippen molar-refractivity contribution in [2.45, 2.75) is 51.2 Å². The first kappa shape index (κ1) is 20.4. The van der Waals surface area contributed by atoms with Crippen LogP contribution in [-0.2, 0) is 9.53 Å². The molecule has 0 fully saturated rings. The molecule has 0 aliphatic carbocycles. The van der Waals surface area contributed by atoms with E-state index in [-0.39, 0.29) is 12.4 Å². The minimum atomic E-state index is -0.520. The third kappa shape index (κ3) is 4.38. The van der Waals surface area contributed by atoms with Crippen LogP contribution in [0.2, 0.25) is 0 Å². The van der Waals surface area contributed by atoms with Crippen molar-refractivity contribution in [2.75, 3.05) is 17.7 Å². The van der Waals surface area contributed by atoms with E-state index in [4.69, 9.17) is 4.74 Å². The number of unbranched alkanes of at least 4 members (excludes halogenated alkanes) is 2. The highest BCUT2D eigenvalue weighted by molar-refractivity contribution is 7.99. The average Bonchev–Trinajstić information content (AvgIpc) is 3.07. The zero-order valence-corrected chi connectivity index (χ0v) is 17.2. The number of anilines is 1. The first-order valence-corrected chi connectivity index (χ1v) is 10.5. The molecule has 0 saturated carbocycles. The summed E-state index contributed by atoms with van der Waals surface area (Å²) in [4.78, 5) is 17.2. The molecule has 2 aromatic rings. The van der Waals surface area contributed by atoms with E-state index in [1.807, 2.05) is 6.92 Å². The van der Waals surface area contributed by atoms with Crippen molar-refractivity contribution >= 4 is 23.7 Å². The number of benzene rings is 1. The van der Waals surface area contributed by atoms with E-state index in [0.29, 0.717) is 22.4 Å². The maximum Gasteiger partial charge on any atom is 0.338 e. The van der Waals surface area contributed by atoms with Gasteiger partial charge in [-0.15, -0.1) is 5.10 Å². The SMILES string of the molecule is CCCCCSc1nc2n(n1)C(c1ccc(F)cc1)C(C(=O)OCC)=C(C)N2. The lowest BCUT2D eigenvalue weighted by atomic mass is 9.96. The second-order valence-electron chi connectivity index (χ2n) is 6.56. The molecule has 0 saturated heterocycles. The maximum absolute atomic E-state index is 13.5. The van der Waals surface area contributed by atoms with Crippen molar-refractivity contribution in [1.82, 2.24) is 14.8 Å². The molecule has 1 aromatic carbocycles. The highest BCUT2D eigenvalue weighted by atomic mass is 32.2. The minimum Gasteiger partial charge on any atom is -0.463 e. The van der Waals surface area contributed by atoms with E-state index in [0.717, 1.165) is 24.2 Å². The van der Waals surface area contributed by atoms with Gasteiger partial charge in [-0.05, 0) is 38.0 Å². The molecule has 3 rings (SSSR count). The van der Waals surface area contributed by atoms with Crippen molar-refractivity contribution in [1.29, 1.82) is 0 Å². The molecule has 150 valence electrons. The fourth-order valence-electron chi connectivity index (χ4n) is 3.13. The van der Waals surface area contributed by atoms with Crippen molar-refractivity contribution in [2.24, 2.45) is 0 Å². The molecule has 1 aliphatic rings. The molecule has 1 aromatic heterocycles. The van der Waals surface area contributed by atoms with Crippen LogP contribution >= 0.6 is 11.8 Å². The van der Waals surface area contributed by atoms with Crippen LogP contribution in [0.15, 0.2) is 40.7 Å². The number of halogens is 1. The number of nitrogens with one attached hydrogen (secondary N) is 1. The number of ether oxygens (including phenoxy) is 1. The zero-order chi connectivity index (χ0) is 20.1. The Balaban J connectivity index is 1.97. The van der Waals surface area contributed by atoms with Crippen LogP contribution in [0.3, 0.4) is 0 Å². The minimum absolute atomic E-state index is 0.272. The van der Waals surface area contributed by atoms with Gasteiger partial charge in [0.2, 0.25) is 11.1 Å². The average molecular weight is 405 g/mol. The number of nitrogens with zero attached hydrogens (tertiary/aromatic N) is 3. The third-order valence-electron chi connectivity index (χ3n) is 4.49. The van der Waals surface area contributed by atoms with Gasteiger partial charge >= 0.3 is 5.97 Å². The summed E-state index contributed by atoms with van der Waals surface area (Å²) < 4.78 is 20.4. The van der Waals surface area contributed by atoms with Crippen LogP contribution in [0.1, 0.15) is 51.6 Å². The third-order valence-corrected chi connectivity index (χ3v) is 5.42. The van der Waals surface area contributed by atoms with E-state index in [2.05, 4.69) is 22.3 Å². The second-order valence-corrected chi connectivity index (χ2v) is 7.62. The van der Waals surface area contributed by atoms with Gasteiger partial charge in [0.05, 0.1) is 12.2 Å². The largest absolute Gasteiger partial charge is 0.463 e. The molecular weight excluding hydrogens is 379 g/mol. The van der Waals surface area contributed by atoms with Crippen molar-refractivity contribution in [3.8, 4) is 0 Å². The fourth-order valence-corrected chi connectivity index (χ4v) is 3.96. The van der Waals surface area contributed by atoms with Crippen molar-refractivity contribution < 1.29 is 13.9 Å². The number of aromatic nitrogens is 3. The second kappa shape index (κ2) is 9.23. The zero-order valence-electron chi connectivity index (χ0n) is 16.4. The van der Waals surface area contributed by atoms with Crippen molar-refractivity contribution in [3.63, 3.8) is 0 Å². The first-order valence-electron chi connectivity index (χ1n) is 9.54. The molecule has 1 N–H and O–H groups in total. The van der Waals surface area contributed by atoms with Gasteiger partial charge in [-0.1, -0.05) is 43.7 Å². The van der Waals surface area contributed by atoms with Crippen LogP contribution < -0.4 is 5.32 Å². The van der Waals surface area contributed by atoms with Crippen LogP contribution in [0.5, 0.6) is 0 Å². The number of hydrogen-bond donors (Lipinski definition) is 1. The molecule has 0 amide bonds. The highest BCUT2D eigenvalue weighted by Gasteiger charge is 2.35. The molecule has 1 aliphatic heterocycles. The predicted octanol–water partition coefficient (Wildman–Crippen LogP) is 4.55. The van der Waals surface area contributed by atoms with Crippen LogP contribution in [0.4, 0.5) is 10.3 Å². The molecule has 8 heteroatoms. The summed E-state index contributed by atoms with van der Waals surface area (Å²) in [6, 6.07) is 5.57. The predicted molar refractivity (Wildman–Crippen MR) is 108 cm³/mol. The number of carbonyl (C=O) groups excluding carboxylic acids is 1. The molecular formula is C20H25FN4O2S. The van der Waals surface area contributed by atoms with Crippen LogP contribution in [-0.4, -0.2) is 33.1 Å². The van der Waals surface area contributed by atoms with Gasteiger partial charge in [0, 0.05) is 11.4 Å². The Hall–Kier alpha value is -2.35. The number of carbonyl (C=O) groups is 1. The lowest BCUT2D eigenvalue weighted by Crippen LogP contribution is -2.29. The van der Waals surface area contributed by atoms with Crippen LogP contribution in [0, 0.1) is 5.82 Å². The van der Waals surface area contributed by atoms with E-state index in [1.165, 1.54) is 18.6 Å². The molecule has 1 atom stereocenters. The molecule has 1 unspecified atom stereocenters. The Morgan fingerprint density at radius 2 is 2.04 bits per heavy atom. The summed E-state index contributed by atoms with van der Waals surface area (Å²) in [5.74, 6) is 0.760. The number of thioether (sulfide) groups is 1. The summed E-state index contributed by atoms with van der Waals surface area (Å²) in [6.07, 6.45) is 3.43. The van der Waals surface area contributed by atoms with Gasteiger partial charge in [-0.3, -0.25) is 0 Å². The fraction of sp³-hybridized carbons (Fsp3) is 0.450. The number of rotatable bonds is 8. The van der Waals surface area contributed by atoms with Gasteiger partial charge in [-0.2, -0.15) is 4.98 Å². The summed E-state index contributed by atoms with van der Waals surface area (Å²) in [6.45, 7) is 6.02. The molecule has 28 heavy (non-hydrogen) atoms. The summed E-state index contributed by atoms with van der Waals surface area (Å²) in [7, 11) is 0. The quantitative estimate of drug-likeness (QED) is 0.395. The summed E-state index contributed by atoms with van der Waals surface area (Å²) in [5.41, 5.74) is 1.86. The Bertz CT molecular complexity index is 864. The Kier molecular flexibility index (Phi) is 6.72. The smallest absolute Gasteiger partial charge is 0.338 e. The summed E-state index contributed by atoms with van der Waals surface area (Å²) in [5, 5.41) is 8.45. The van der Waals surface area contributed by atoms with Gasteiger partial charge in [0.25, 0.3) is 0 Å². The van der Waals surface area contributed by atoms with Crippen molar-refractivity contribution in [3.05, 3.63) is 46.9 Å². The monoisotopic (exact) mass is 404 g/mol. The van der Waals surface area contributed by atoms with E-state index in [9.17, 15) is 9.18 Å². The lowest BCUT2D eigenvalue weighted by Gasteiger charge is -2.28. The molecule has 0 spiro atoms. The molecule has 0 bridgehead atoms. The Labute approximate surface area is 168 Å². The topological polar surface area (TPSA) is 69.0 Å². The normalized spacial score (nSPS) is 15.9. The molecule has 0 radical (unpaired) electrons. The van der Waals surface area contributed by atoms with E-state index < -0.39 is 12.0 Å². The standard InChI is InChI=1S/C20H25FN4O2S/c1-4-6-7-12-28-20-23-19-22-13(3)16(18(26)27-5-2)17(25(19)24-20)14-8-10-15(21)11-9-14/h8-11,17H,4-7,12H2,1-3H3,(H,22,23,24). The Morgan fingerprint density at radius 1 is 1.29 bits per heavy atom. The maximum atomic E-state index is 13.5. The number of esters is 1. The highest BCUT2D eigenvalue weighted by Crippen LogP contribution is 2.36. The first-order chi connectivity index (χ1) is 13.5. The van der Waals surface area contributed by atoms with E-state index >= 15 is 0 Å². The van der Waals surface area contributed by atoms with E-state index in [1.54, 1.807) is 35.5 Å².